The van der Waals surface area contributed by atoms with E-state index in [2.05, 4.69) is 17.1 Å². The molecule has 1 saturated heterocycles. The van der Waals surface area contributed by atoms with Crippen molar-refractivity contribution in [1.82, 2.24) is 4.98 Å². The maximum absolute atomic E-state index is 9.94. The van der Waals surface area contributed by atoms with Crippen LogP contribution < -0.4 is 0 Å². The van der Waals surface area contributed by atoms with Crippen LogP contribution >= 0.6 is 0 Å². The van der Waals surface area contributed by atoms with Crippen LogP contribution in [0.3, 0.4) is 0 Å². The number of para-hydroxylation sites is 1. The van der Waals surface area contributed by atoms with Crippen LogP contribution in [0.1, 0.15) is 12.0 Å². The van der Waals surface area contributed by atoms with E-state index in [-0.39, 0.29) is 12.0 Å². The molecule has 1 aliphatic heterocycles. The van der Waals surface area contributed by atoms with Crippen LogP contribution in [-0.2, 0) is 11.2 Å². The summed E-state index contributed by atoms with van der Waals surface area (Å²) in [5, 5.41) is 11.1. The Morgan fingerprint density at radius 1 is 1.33 bits per heavy atom. The molecule has 0 bridgehead atoms. The quantitative estimate of drug-likeness (QED) is 0.879. The first-order chi connectivity index (χ1) is 8.83. The average molecular weight is 243 g/mol. The first-order valence-electron chi connectivity index (χ1n) is 6.42. The van der Waals surface area contributed by atoms with Crippen molar-refractivity contribution < 1.29 is 9.84 Å². The third kappa shape index (κ3) is 2.37. The van der Waals surface area contributed by atoms with Crippen molar-refractivity contribution in [1.29, 1.82) is 0 Å². The molecule has 0 aliphatic carbocycles. The highest BCUT2D eigenvalue weighted by molar-refractivity contribution is 5.78. The van der Waals surface area contributed by atoms with Crippen molar-refractivity contribution in [3.63, 3.8) is 0 Å². The van der Waals surface area contributed by atoms with Gasteiger partial charge >= 0.3 is 0 Å². The Labute approximate surface area is 106 Å². The number of hydrogen-bond acceptors (Lipinski definition) is 3. The minimum atomic E-state index is -0.245. The number of pyridine rings is 1. The van der Waals surface area contributed by atoms with E-state index >= 15 is 0 Å². The molecule has 2 aromatic rings. The smallest absolute Gasteiger partial charge is 0.0702 e. The molecule has 0 radical (unpaired) electrons. The first kappa shape index (κ1) is 11.6. The molecule has 2 atom stereocenters. The molecule has 1 aromatic heterocycles. The van der Waals surface area contributed by atoms with Crippen LogP contribution in [-0.4, -0.2) is 29.4 Å². The molecule has 0 spiro atoms. The van der Waals surface area contributed by atoms with Gasteiger partial charge in [0.15, 0.2) is 0 Å². The molecular formula is C15H17NO2. The van der Waals surface area contributed by atoms with Gasteiger partial charge in [-0.1, -0.05) is 18.2 Å². The number of hydrogen-bond donors (Lipinski definition) is 1. The number of ether oxygens (including phenoxy) is 1. The molecule has 1 aliphatic rings. The predicted molar refractivity (Wildman–Crippen MR) is 70.4 cm³/mol. The van der Waals surface area contributed by atoms with Crippen molar-refractivity contribution >= 4 is 10.9 Å². The Kier molecular flexibility index (Phi) is 3.26. The summed E-state index contributed by atoms with van der Waals surface area (Å²) in [6.45, 7) is 1.32. The number of rotatable bonds is 2. The zero-order chi connectivity index (χ0) is 12.4. The molecule has 18 heavy (non-hydrogen) atoms. The maximum Gasteiger partial charge on any atom is 0.0702 e. The molecule has 0 amide bonds. The minimum Gasteiger partial charge on any atom is -0.393 e. The average Bonchev–Trinajstić information content (AvgIpc) is 2.41. The molecule has 1 fully saturated rings. The highest BCUT2D eigenvalue weighted by Gasteiger charge is 2.23. The van der Waals surface area contributed by atoms with Gasteiger partial charge in [0, 0.05) is 24.1 Å². The summed E-state index contributed by atoms with van der Waals surface area (Å²) in [5.41, 5.74) is 2.19. The van der Waals surface area contributed by atoms with E-state index in [0.717, 1.165) is 23.7 Å². The van der Waals surface area contributed by atoms with Crippen molar-refractivity contribution in [3.05, 3.63) is 42.1 Å². The second-order valence-electron chi connectivity index (χ2n) is 4.93. The lowest BCUT2D eigenvalue weighted by Gasteiger charge is -2.27. The van der Waals surface area contributed by atoms with Gasteiger partial charge in [0.2, 0.25) is 0 Å². The van der Waals surface area contributed by atoms with Gasteiger partial charge in [-0.2, -0.15) is 0 Å². The highest BCUT2D eigenvalue weighted by atomic mass is 16.5. The van der Waals surface area contributed by atoms with E-state index < -0.39 is 0 Å². The van der Waals surface area contributed by atoms with E-state index in [1.165, 1.54) is 5.56 Å². The SMILES string of the molecule is OC1CCOCC1Cc1cnc2ccccc2c1. The van der Waals surface area contributed by atoms with Crippen LogP contribution in [0.15, 0.2) is 36.5 Å². The van der Waals surface area contributed by atoms with Gasteiger partial charge in [0.25, 0.3) is 0 Å². The van der Waals surface area contributed by atoms with Crippen molar-refractivity contribution in [2.24, 2.45) is 5.92 Å². The standard InChI is InChI=1S/C15H17NO2/c17-15-5-6-18-10-13(15)8-11-7-12-3-1-2-4-14(12)16-9-11/h1-4,7,9,13,15,17H,5-6,8,10H2. The van der Waals surface area contributed by atoms with Crippen molar-refractivity contribution in [3.8, 4) is 0 Å². The van der Waals surface area contributed by atoms with Gasteiger partial charge in [-0.05, 0) is 30.5 Å². The Morgan fingerprint density at radius 3 is 3.11 bits per heavy atom. The van der Waals surface area contributed by atoms with Gasteiger partial charge in [-0.15, -0.1) is 0 Å². The molecule has 94 valence electrons. The molecule has 3 nitrogen and oxygen atoms in total. The lowest BCUT2D eigenvalue weighted by atomic mass is 9.92. The van der Waals surface area contributed by atoms with Crippen LogP contribution in [0.5, 0.6) is 0 Å². The van der Waals surface area contributed by atoms with Gasteiger partial charge in [0.05, 0.1) is 18.2 Å². The topological polar surface area (TPSA) is 42.4 Å². The van der Waals surface area contributed by atoms with Gasteiger partial charge in [-0.3, -0.25) is 4.98 Å². The van der Waals surface area contributed by atoms with Crippen molar-refractivity contribution in [2.75, 3.05) is 13.2 Å². The van der Waals surface area contributed by atoms with Crippen LogP contribution in [0, 0.1) is 5.92 Å². The van der Waals surface area contributed by atoms with Crippen LogP contribution in [0.2, 0.25) is 0 Å². The van der Waals surface area contributed by atoms with Crippen LogP contribution in [0.25, 0.3) is 10.9 Å². The monoisotopic (exact) mass is 243 g/mol. The molecular weight excluding hydrogens is 226 g/mol. The molecule has 1 aromatic carbocycles. The summed E-state index contributed by atoms with van der Waals surface area (Å²) in [6, 6.07) is 10.3. The van der Waals surface area contributed by atoms with E-state index in [1.807, 2.05) is 24.4 Å². The van der Waals surface area contributed by atoms with E-state index in [4.69, 9.17) is 4.74 Å². The predicted octanol–water partition coefficient (Wildman–Crippen LogP) is 2.17. The summed E-state index contributed by atoms with van der Waals surface area (Å²) in [4.78, 5) is 4.45. The summed E-state index contributed by atoms with van der Waals surface area (Å²) < 4.78 is 5.43. The third-order valence-corrected chi connectivity index (χ3v) is 3.58. The Bertz CT molecular complexity index is 541. The largest absolute Gasteiger partial charge is 0.393 e. The fourth-order valence-electron chi connectivity index (χ4n) is 2.51. The molecule has 3 rings (SSSR count). The Hall–Kier alpha value is -1.45. The third-order valence-electron chi connectivity index (χ3n) is 3.58. The lowest BCUT2D eigenvalue weighted by Crippen LogP contribution is -2.33. The molecule has 0 saturated carbocycles. The summed E-state index contributed by atoms with van der Waals surface area (Å²) in [6.07, 6.45) is 3.24. The highest BCUT2D eigenvalue weighted by Crippen LogP contribution is 2.21. The second kappa shape index (κ2) is 5.04. The second-order valence-corrected chi connectivity index (χ2v) is 4.93. The first-order valence-corrected chi connectivity index (χ1v) is 6.42. The zero-order valence-electron chi connectivity index (χ0n) is 10.2. The van der Waals surface area contributed by atoms with Gasteiger partial charge in [0.1, 0.15) is 0 Å². The maximum atomic E-state index is 9.94. The number of benzene rings is 1. The number of aliphatic hydroxyl groups is 1. The van der Waals surface area contributed by atoms with Crippen molar-refractivity contribution in [2.45, 2.75) is 18.9 Å². The summed E-state index contributed by atoms with van der Waals surface area (Å²) >= 11 is 0. The van der Waals surface area contributed by atoms with Crippen LogP contribution in [0.4, 0.5) is 0 Å². The molecule has 1 N–H and O–H groups in total. The minimum absolute atomic E-state index is 0.196. The Morgan fingerprint density at radius 2 is 2.22 bits per heavy atom. The van der Waals surface area contributed by atoms with E-state index in [9.17, 15) is 5.11 Å². The van der Waals surface area contributed by atoms with E-state index in [0.29, 0.717) is 13.2 Å². The van der Waals surface area contributed by atoms with E-state index in [1.54, 1.807) is 0 Å². The Balaban J connectivity index is 1.81. The fraction of sp³-hybridized carbons (Fsp3) is 0.400. The van der Waals surface area contributed by atoms with Gasteiger partial charge < -0.3 is 9.84 Å². The zero-order valence-corrected chi connectivity index (χ0v) is 10.2. The number of fused-ring (bicyclic) bond motifs is 1. The molecule has 2 unspecified atom stereocenters. The normalized spacial score (nSPS) is 24.3. The summed E-state index contributed by atoms with van der Waals surface area (Å²) in [5.74, 6) is 0.196. The molecule has 3 heteroatoms. The number of aromatic nitrogens is 1. The molecule has 2 heterocycles. The number of aliphatic hydroxyl groups excluding tert-OH is 1. The lowest BCUT2D eigenvalue weighted by molar-refractivity contribution is -0.0350. The summed E-state index contributed by atoms with van der Waals surface area (Å²) in [7, 11) is 0. The van der Waals surface area contributed by atoms with Gasteiger partial charge in [-0.25, -0.2) is 0 Å². The number of nitrogens with zero attached hydrogens (tertiary/aromatic N) is 1. The fourth-order valence-corrected chi connectivity index (χ4v) is 2.51.